The van der Waals surface area contributed by atoms with Gasteiger partial charge in [-0.15, -0.1) is 0 Å². The summed E-state index contributed by atoms with van der Waals surface area (Å²) >= 11 is 1.15. The van der Waals surface area contributed by atoms with Crippen LogP contribution in [0.2, 0.25) is 0 Å². The van der Waals surface area contributed by atoms with Gasteiger partial charge in [-0.3, -0.25) is 15.3 Å². The van der Waals surface area contributed by atoms with E-state index in [4.69, 9.17) is 15.2 Å². The van der Waals surface area contributed by atoms with Crippen molar-refractivity contribution in [2.24, 2.45) is 0 Å². The van der Waals surface area contributed by atoms with Gasteiger partial charge in [0.2, 0.25) is 0 Å². The number of amides is 1. The number of carbonyl (C=O) groups is 2. The van der Waals surface area contributed by atoms with Gasteiger partial charge in [-0.2, -0.15) is 13.2 Å². The molecule has 1 aromatic heterocycles. The molecule has 0 saturated carbocycles. The van der Waals surface area contributed by atoms with Crippen molar-refractivity contribution in [1.29, 1.82) is 0 Å². The second-order valence-electron chi connectivity index (χ2n) is 7.01. The number of alkyl halides is 3. The van der Waals surface area contributed by atoms with Crippen molar-refractivity contribution < 1.29 is 49.2 Å². The van der Waals surface area contributed by atoms with Gasteiger partial charge in [0.05, 0.1) is 36.8 Å². The Bertz CT molecular complexity index is 981. The van der Waals surface area contributed by atoms with Crippen LogP contribution in [0, 0.1) is 0 Å². The molecule has 3 rings (SSSR count). The molecular weight excluding hydrogens is 485 g/mol. The number of anilines is 3. The number of nitrogens with two attached hydrogens (primary N) is 1. The summed E-state index contributed by atoms with van der Waals surface area (Å²) in [6.45, 7) is 3.50. The maximum Gasteiger partial charge on any atom is 0.416 e. The number of esters is 1. The number of nitrogen functional groups attached to an aromatic ring is 1. The molecule has 3 N–H and O–H groups in total. The van der Waals surface area contributed by atoms with E-state index in [2.05, 4.69) is 5.32 Å². The molecule has 1 aliphatic heterocycles. The number of aromatic nitrogens is 1. The second-order valence-corrected chi connectivity index (χ2v) is 7.90. The minimum Gasteiger partial charge on any atom is -1.00 e. The third kappa shape index (κ3) is 6.95. The molecular formula is C20H24ClF3N4O4S. The molecule has 1 aliphatic rings. The third-order valence-electron chi connectivity index (χ3n) is 4.81. The van der Waals surface area contributed by atoms with Crippen LogP contribution < -0.4 is 32.9 Å². The van der Waals surface area contributed by atoms with Crippen molar-refractivity contribution in [2.75, 3.05) is 48.9 Å². The Hall–Kier alpha value is -2.57. The number of hydrogen-bond acceptors (Lipinski definition) is 7. The molecule has 0 radical (unpaired) electrons. The topological polar surface area (TPSA) is 97.8 Å². The van der Waals surface area contributed by atoms with Crippen LogP contribution in [0.5, 0.6) is 0 Å². The Balaban J connectivity index is 0.00000385. The van der Waals surface area contributed by atoms with E-state index in [0.717, 1.165) is 23.5 Å². The summed E-state index contributed by atoms with van der Waals surface area (Å²) in [7, 11) is 0. The van der Waals surface area contributed by atoms with Gasteiger partial charge in [-0.1, -0.05) is 11.3 Å². The van der Waals surface area contributed by atoms with Crippen LogP contribution in [0.4, 0.5) is 29.7 Å². The summed E-state index contributed by atoms with van der Waals surface area (Å²) in [5.41, 5.74) is 6.08. The van der Waals surface area contributed by atoms with Crippen LogP contribution in [0.25, 0.3) is 0 Å². The van der Waals surface area contributed by atoms with Crippen molar-refractivity contribution in [3.8, 4) is 0 Å². The van der Waals surface area contributed by atoms with Crippen molar-refractivity contribution in [3.63, 3.8) is 0 Å². The molecule has 1 fully saturated rings. The summed E-state index contributed by atoms with van der Waals surface area (Å²) in [6.07, 6.45) is -4.63. The lowest BCUT2D eigenvalue weighted by Crippen LogP contribution is -3.00. The Kier molecular flexibility index (Phi) is 9.32. The first-order valence-electron chi connectivity index (χ1n) is 9.94. The van der Waals surface area contributed by atoms with Crippen molar-refractivity contribution >= 4 is 39.7 Å². The standard InChI is InChI=1S/C20H23F3N4O4S.ClH/c1-2-31-18(29)10-14-12-32-19(24)27(14)11-17(28)25-15-9-13(20(21,22)23)3-4-16(15)26-5-7-30-8-6-26;/h3-4,9,12,24H,2,5-8,10-11H2,1H3,(H,25,28);1H. The summed E-state index contributed by atoms with van der Waals surface area (Å²) in [5, 5.41) is 4.51. The molecule has 2 heterocycles. The first-order chi connectivity index (χ1) is 15.2. The summed E-state index contributed by atoms with van der Waals surface area (Å²) in [6, 6.07) is 3.26. The van der Waals surface area contributed by atoms with E-state index in [-0.39, 0.29) is 42.8 Å². The molecule has 1 amide bonds. The van der Waals surface area contributed by atoms with Crippen LogP contribution in [-0.2, 0) is 38.2 Å². The summed E-state index contributed by atoms with van der Waals surface area (Å²) in [4.78, 5) is 26.4. The number of hydrogen-bond donors (Lipinski definition) is 2. The van der Waals surface area contributed by atoms with Gasteiger partial charge in [-0.25, -0.2) is 4.57 Å². The number of rotatable bonds is 7. The molecule has 0 unspecified atom stereocenters. The van der Waals surface area contributed by atoms with Crippen LogP contribution in [0.15, 0.2) is 23.6 Å². The summed E-state index contributed by atoms with van der Waals surface area (Å²) < 4.78 is 51.5. The predicted octanol–water partition coefficient (Wildman–Crippen LogP) is -0.778. The van der Waals surface area contributed by atoms with Gasteiger partial charge in [0, 0.05) is 18.5 Å². The van der Waals surface area contributed by atoms with Gasteiger partial charge in [0.15, 0.2) is 6.54 Å². The number of halogens is 4. The lowest BCUT2D eigenvalue weighted by atomic mass is 10.1. The first-order valence-corrected chi connectivity index (χ1v) is 10.8. The number of nitrogens with zero attached hydrogens (tertiary/aromatic N) is 2. The number of nitrogens with one attached hydrogen (secondary N) is 1. The van der Waals surface area contributed by atoms with E-state index in [9.17, 15) is 22.8 Å². The second kappa shape index (κ2) is 11.5. The van der Waals surface area contributed by atoms with E-state index >= 15 is 0 Å². The van der Waals surface area contributed by atoms with Gasteiger partial charge in [0.1, 0.15) is 12.1 Å². The number of morpholine rings is 1. The minimum absolute atomic E-state index is 0. The van der Waals surface area contributed by atoms with Gasteiger partial charge < -0.3 is 32.1 Å². The lowest BCUT2D eigenvalue weighted by Gasteiger charge is -2.31. The van der Waals surface area contributed by atoms with Crippen molar-refractivity contribution in [2.45, 2.75) is 26.1 Å². The summed E-state index contributed by atoms with van der Waals surface area (Å²) in [5.74, 6) is -1.04. The molecule has 8 nitrogen and oxygen atoms in total. The highest BCUT2D eigenvalue weighted by Gasteiger charge is 2.32. The highest BCUT2D eigenvalue weighted by molar-refractivity contribution is 7.13. The molecule has 182 valence electrons. The Morgan fingerprint density at radius 1 is 1.30 bits per heavy atom. The molecule has 2 aromatic rings. The van der Waals surface area contributed by atoms with Crippen molar-refractivity contribution in [3.05, 3.63) is 34.8 Å². The molecule has 1 aromatic carbocycles. The van der Waals surface area contributed by atoms with Gasteiger partial charge >= 0.3 is 17.3 Å². The van der Waals surface area contributed by atoms with Crippen LogP contribution in [0.1, 0.15) is 18.2 Å². The normalized spacial score (nSPS) is 13.9. The zero-order valence-corrected chi connectivity index (χ0v) is 19.4. The monoisotopic (exact) mass is 508 g/mol. The molecule has 33 heavy (non-hydrogen) atoms. The SMILES string of the molecule is CCOC(=O)Cc1csc(N)[n+]1CC(=O)Nc1cc(C(F)(F)F)ccc1N1CCOCC1.[Cl-]. The Morgan fingerprint density at radius 3 is 2.64 bits per heavy atom. The quantitative estimate of drug-likeness (QED) is 0.376. The molecule has 1 saturated heterocycles. The largest absolute Gasteiger partial charge is 1.00 e. The fourth-order valence-electron chi connectivity index (χ4n) is 3.30. The van der Waals surface area contributed by atoms with Crippen LogP contribution in [0.3, 0.4) is 0 Å². The minimum atomic E-state index is -4.55. The molecule has 0 aliphatic carbocycles. The number of ether oxygens (including phenoxy) is 2. The maximum atomic E-state index is 13.3. The maximum absolute atomic E-state index is 13.3. The average molecular weight is 509 g/mol. The Labute approximate surface area is 198 Å². The van der Waals surface area contributed by atoms with Gasteiger partial charge in [-0.05, 0) is 25.1 Å². The Morgan fingerprint density at radius 2 is 2.00 bits per heavy atom. The zero-order chi connectivity index (χ0) is 23.3. The van der Waals surface area contributed by atoms with Crippen molar-refractivity contribution in [1.82, 2.24) is 0 Å². The third-order valence-corrected chi connectivity index (χ3v) is 5.66. The van der Waals surface area contributed by atoms with E-state index in [0.29, 0.717) is 37.7 Å². The zero-order valence-electron chi connectivity index (χ0n) is 17.8. The van der Waals surface area contributed by atoms with Gasteiger partial charge in [0.25, 0.3) is 5.91 Å². The van der Waals surface area contributed by atoms with Crippen LogP contribution >= 0.6 is 11.3 Å². The van der Waals surface area contributed by atoms with E-state index < -0.39 is 23.6 Å². The number of carbonyl (C=O) groups excluding carboxylic acids is 2. The van der Waals surface area contributed by atoms with E-state index in [1.54, 1.807) is 12.3 Å². The average Bonchev–Trinajstić information content (AvgIpc) is 3.07. The number of thiazole rings is 1. The highest BCUT2D eigenvalue weighted by atomic mass is 35.5. The smallest absolute Gasteiger partial charge is 0.416 e. The fraction of sp³-hybridized carbons (Fsp3) is 0.450. The van der Waals surface area contributed by atoms with Crippen LogP contribution in [-0.4, -0.2) is 44.8 Å². The van der Waals surface area contributed by atoms with E-state index in [1.165, 1.54) is 10.6 Å². The van der Waals surface area contributed by atoms with E-state index in [1.807, 2.05) is 4.90 Å². The number of benzene rings is 1. The first kappa shape index (κ1) is 26.7. The fourth-order valence-corrected chi connectivity index (χ4v) is 4.08. The predicted molar refractivity (Wildman–Crippen MR) is 112 cm³/mol. The molecule has 0 spiro atoms. The molecule has 0 atom stereocenters. The lowest BCUT2D eigenvalue weighted by molar-refractivity contribution is -0.672. The highest BCUT2D eigenvalue weighted by Crippen LogP contribution is 2.35. The molecule has 13 heteroatoms. The molecule has 0 bridgehead atoms.